The van der Waals surface area contributed by atoms with Crippen LogP contribution in [0, 0.1) is 0 Å². The van der Waals surface area contributed by atoms with Crippen LogP contribution in [-0.2, 0) is 17.8 Å². The SMILES string of the molecule is CCCN(CCN(C)C)Cc1ccc(CC(=O)NN)cc1. The highest BCUT2D eigenvalue weighted by molar-refractivity contribution is 5.77. The molecule has 0 saturated carbocycles. The third-order valence-corrected chi connectivity index (χ3v) is 3.36. The standard InChI is InChI=1S/C16H28N4O/c1-4-9-20(11-10-19(2)3)13-15-7-5-14(6-8-15)12-16(21)18-17/h5-8H,4,9-13,17H2,1-3H3,(H,18,21). The number of hydrogen-bond donors (Lipinski definition) is 2. The molecule has 0 spiro atoms. The van der Waals surface area contributed by atoms with Crippen LogP contribution in [0.4, 0.5) is 0 Å². The van der Waals surface area contributed by atoms with Gasteiger partial charge in [-0.25, -0.2) is 5.84 Å². The Bertz CT molecular complexity index is 417. The molecule has 1 aromatic carbocycles. The van der Waals surface area contributed by atoms with Gasteiger partial charge in [0.15, 0.2) is 0 Å². The molecule has 0 heterocycles. The summed E-state index contributed by atoms with van der Waals surface area (Å²) >= 11 is 0. The maximum absolute atomic E-state index is 11.2. The van der Waals surface area contributed by atoms with E-state index in [1.165, 1.54) is 5.56 Å². The highest BCUT2D eigenvalue weighted by Gasteiger charge is 2.06. The summed E-state index contributed by atoms with van der Waals surface area (Å²) in [5.74, 6) is 4.93. The average Bonchev–Trinajstić information content (AvgIpc) is 2.46. The summed E-state index contributed by atoms with van der Waals surface area (Å²) in [6, 6.07) is 8.19. The summed E-state index contributed by atoms with van der Waals surface area (Å²) < 4.78 is 0. The maximum Gasteiger partial charge on any atom is 0.238 e. The fourth-order valence-corrected chi connectivity index (χ4v) is 2.18. The van der Waals surface area contributed by atoms with Crippen LogP contribution in [-0.4, -0.2) is 49.4 Å². The van der Waals surface area contributed by atoms with E-state index < -0.39 is 0 Å². The lowest BCUT2D eigenvalue weighted by Gasteiger charge is -2.23. The van der Waals surface area contributed by atoms with Crippen molar-refractivity contribution < 1.29 is 4.79 Å². The summed E-state index contributed by atoms with van der Waals surface area (Å²) in [5, 5.41) is 0. The molecule has 1 amide bonds. The summed E-state index contributed by atoms with van der Waals surface area (Å²) in [4.78, 5) is 15.9. The maximum atomic E-state index is 11.2. The number of nitrogens with zero attached hydrogens (tertiary/aromatic N) is 2. The molecular weight excluding hydrogens is 264 g/mol. The van der Waals surface area contributed by atoms with Crippen LogP contribution in [0.25, 0.3) is 0 Å². The second-order valence-electron chi connectivity index (χ2n) is 5.64. The van der Waals surface area contributed by atoms with Crippen LogP contribution < -0.4 is 11.3 Å². The molecule has 0 unspecified atom stereocenters. The molecule has 1 aromatic rings. The van der Waals surface area contributed by atoms with Crippen LogP contribution in [0.2, 0.25) is 0 Å². The number of hydrogen-bond acceptors (Lipinski definition) is 4. The molecule has 118 valence electrons. The zero-order chi connectivity index (χ0) is 15.7. The largest absolute Gasteiger partial charge is 0.308 e. The summed E-state index contributed by atoms with van der Waals surface area (Å²) in [7, 11) is 4.20. The van der Waals surface area contributed by atoms with Crippen molar-refractivity contribution in [3.63, 3.8) is 0 Å². The minimum Gasteiger partial charge on any atom is -0.308 e. The second-order valence-corrected chi connectivity index (χ2v) is 5.64. The molecule has 0 bridgehead atoms. The van der Waals surface area contributed by atoms with Gasteiger partial charge < -0.3 is 4.90 Å². The van der Waals surface area contributed by atoms with E-state index in [1.54, 1.807) is 0 Å². The Morgan fingerprint density at radius 3 is 2.24 bits per heavy atom. The zero-order valence-electron chi connectivity index (χ0n) is 13.4. The highest BCUT2D eigenvalue weighted by Crippen LogP contribution is 2.09. The lowest BCUT2D eigenvalue weighted by molar-refractivity contribution is -0.120. The molecule has 0 atom stereocenters. The fourth-order valence-electron chi connectivity index (χ4n) is 2.18. The Kier molecular flexibility index (Phi) is 7.97. The van der Waals surface area contributed by atoms with Gasteiger partial charge in [-0.15, -0.1) is 0 Å². The van der Waals surface area contributed by atoms with E-state index in [1.807, 2.05) is 12.1 Å². The van der Waals surface area contributed by atoms with Crippen molar-refractivity contribution in [1.82, 2.24) is 15.2 Å². The number of amides is 1. The molecule has 5 nitrogen and oxygen atoms in total. The number of nitrogens with two attached hydrogens (primary N) is 1. The quantitative estimate of drug-likeness (QED) is 0.405. The van der Waals surface area contributed by atoms with Gasteiger partial charge >= 0.3 is 0 Å². The Morgan fingerprint density at radius 1 is 1.10 bits per heavy atom. The van der Waals surface area contributed by atoms with Gasteiger partial charge in [-0.1, -0.05) is 31.2 Å². The monoisotopic (exact) mass is 292 g/mol. The van der Waals surface area contributed by atoms with Gasteiger partial charge in [0.1, 0.15) is 0 Å². The lowest BCUT2D eigenvalue weighted by Crippen LogP contribution is -2.32. The summed E-state index contributed by atoms with van der Waals surface area (Å²) in [6.45, 7) is 6.39. The molecule has 0 aliphatic rings. The van der Waals surface area contributed by atoms with E-state index in [4.69, 9.17) is 5.84 Å². The average molecular weight is 292 g/mol. The Hall–Kier alpha value is -1.43. The molecule has 21 heavy (non-hydrogen) atoms. The number of carbonyl (C=O) groups is 1. The third-order valence-electron chi connectivity index (χ3n) is 3.36. The predicted molar refractivity (Wildman–Crippen MR) is 86.6 cm³/mol. The van der Waals surface area contributed by atoms with Gasteiger partial charge in [-0.3, -0.25) is 15.1 Å². The normalized spacial score (nSPS) is 11.1. The van der Waals surface area contributed by atoms with E-state index in [0.29, 0.717) is 6.42 Å². The van der Waals surface area contributed by atoms with Gasteiger partial charge in [0.2, 0.25) is 5.91 Å². The van der Waals surface area contributed by atoms with Crippen molar-refractivity contribution in [2.45, 2.75) is 26.3 Å². The molecule has 0 saturated heterocycles. The lowest BCUT2D eigenvalue weighted by atomic mass is 10.1. The summed E-state index contributed by atoms with van der Waals surface area (Å²) in [6.07, 6.45) is 1.48. The van der Waals surface area contributed by atoms with E-state index >= 15 is 0 Å². The first kappa shape index (κ1) is 17.6. The van der Waals surface area contributed by atoms with Crippen LogP contribution in [0.1, 0.15) is 24.5 Å². The van der Waals surface area contributed by atoms with E-state index in [2.05, 4.69) is 48.4 Å². The van der Waals surface area contributed by atoms with E-state index in [0.717, 1.165) is 38.2 Å². The molecule has 5 heteroatoms. The van der Waals surface area contributed by atoms with Crippen molar-refractivity contribution >= 4 is 5.91 Å². The van der Waals surface area contributed by atoms with Crippen LogP contribution >= 0.6 is 0 Å². The number of carbonyl (C=O) groups excluding carboxylic acids is 1. The Morgan fingerprint density at radius 2 is 1.71 bits per heavy atom. The van der Waals surface area contributed by atoms with Gasteiger partial charge in [0.05, 0.1) is 6.42 Å². The minimum atomic E-state index is -0.165. The highest BCUT2D eigenvalue weighted by atomic mass is 16.2. The van der Waals surface area contributed by atoms with Gasteiger partial charge in [0.25, 0.3) is 0 Å². The molecule has 0 aliphatic heterocycles. The smallest absolute Gasteiger partial charge is 0.238 e. The predicted octanol–water partition coefficient (Wildman–Crippen LogP) is 0.993. The summed E-state index contributed by atoms with van der Waals surface area (Å²) in [5.41, 5.74) is 4.41. The number of likely N-dealkylation sites (N-methyl/N-ethyl adjacent to an activating group) is 1. The van der Waals surface area contributed by atoms with Crippen molar-refractivity contribution in [2.75, 3.05) is 33.7 Å². The Labute approximate surface area is 128 Å². The zero-order valence-corrected chi connectivity index (χ0v) is 13.4. The van der Waals surface area contributed by atoms with Crippen LogP contribution in [0.3, 0.4) is 0 Å². The minimum absolute atomic E-state index is 0.165. The fraction of sp³-hybridized carbons (Fsp3) is 0.562. The van der Waals surface area contributed by atoms with Crippen molar-refractivity contribution in [3.05, 3.63) is 35.4 Å². The van der Waals surface area contributed by atoms with E-state index in [-0.39, 0.29) is 5.91 Å². The molecule has 0 fully saturated rings. The van der Waals surface area contributed by atoms with Crippen LogP contribution in [0.15, 0.2) is 24.3 Å². The van der Waals surface area contributed by atoms with Crippen molar-refractivity contribution in [3.8, 4) is 0 Å². The van der Waals surface area contributed by atoms with Gasteiger partial charge in [-0.2, -0.15) is 0 Å². The van der Waals surface area contributed by atoms with Gasteiger partial charge in [0, 0.05) is 19.6 Å². The topological polar surface area (TPSA) is 61.6 Å². The molecule has 1 rings (SSSR count). The number of benzene rings is 1. The molecular formula is C16H28N4O. The first-order valence-corrected chi connectivity index (χ1v) is 7.49. The van der Waals surface area contributed by atoms with Crippen LogP contribution in [0.5, 0.6) is 0 Å². The number of rotatable bonds is 9. The first-order chi connectivity index (χ1) is 10.0. The molecule has 0 radical (unpaired) electrons. The number of nitrogens with one attached hydrogen (secondary N) is 1. The van der Waals surface area contributed by atoms with E-state index in [9.17, 15) is 4.79 Å². The molecule has 3 N–H and O–H groups in total. The van der Waals surface area contributed by atoms with Gasteiger partial charge in [-0.05, 0) is 38.2 Å². The molecule has 0 aromatic heterocycles. The second kappa shape index (κ2) is 9.50. The van der Waals surface area contributed by atoms with Crippen molar-refractivity contribution in [2.24, 2.45) is 5.84 Å². The number of hydrazine groups is 1. The third kappa shape index (κ3) is 7.22. The Balaban J connectivity index is 2.56. The van der Waals surface area contributed by atoms with Crippen molar-refractivity contribution in [1.29, 1.82) is 0 Å². The molecule has 0 aliphatic carbocycles. The first-order valence-electron chi connectivity index (χ1n) is 7.49.